The predicted octanol–water partition coefficient (Wildman–Crippen LogP) is 2.50. The lowest BCUT2D eigenvalue weighted by Crippen LogP contribution is -1.90. The van der Waals surface area contributed by atoms with E-state index < -0.39 is 0 Å². The van der Waals surface area contributed by atoms with Gasteiger partial charge >= 0.3 is 0 Å². The second kappa shape index (κ2) is 4.14. The Balaban J connectivity index is 2.18. The molecule has 0 aliphatic carbocycles. The average molecular weight is 222 g/mol. The number of hydrogen-bond donors (Lipinski definition) is 1. The molecule has 0 saturated carbocycles. The van der Waals surface area contributed by atoms with E-state index in [1.165, 1.54) is 12.4 Å². The Morgan fingerprint density at radius 1 is 1.13 bits per heavy atom. The molecule has 15 heavy (non-hydrogen) atoms. The molecule has 5 heteroatoms. The minimum Gasteiger partial charge on any atom is -0.437 e. The average Bonchev–Trinajstić information content (AvgIpc) is 2.22. The quantitative estimate of drug-likeness (QED) is 0.792. The number of benzene rings is 1. The first kappa shape index (κ1) is 9.73. The van der Waals surface area contributed by atoms with Gasteiger partial charge in [0.2, 0.25) is 5.88 Å². The first-order chi connectivity index (χ1) is 7.24. The number of aromatic nitrogens is 2. The zero-order valence-corrected chi connectivity index (χ0v) is 8.48. The van der Waals surface area contributed by atoms with E-state index in [0.29, 0.717) is 22.5 Å². The molecular weight excluding hydrogens is 214 g/mol. The van der Waals surface area contributed by atoms with Crippen molar-refractivity contribution in [2.24, 2.45) is 0 Å². The van der Waals surface area contributed by atoms with Crippen molar-refractivity contribution in [3.63, 3.8) is 0 Å². The van der Waals surface area contributed by atoms with Crippen molar-refractivity contribution in [3.05, 3.63) is 41.8 Å². The summed E-state index contributed by atoms with van der Waals surface area (Å²) in [6.45, 7) is 0. The summed E-state index contributed by atoms with van der Waals surface area (Å²) in [6.07, 6.45) is 2.93. The standard InChI is InChI=1S/C10H8ClN3O/c11-9-5-13-6-10(14-9)15-8-3-1-7(12)2-4-8/h1-6H,12H2. The van der Waals surface area contributed by atoms with E-state index in [0.717, 1.165) is 0 Å². The SMILES string of the molecule is Nc1ccc(Oc2cncc(Cl)n2)cc1. The molecule has 76 valence electrons. The summed E-state index contributed by atoms with van der Waals surface area (Å²) in [5.74, 6) is 0.994. The Bertz CT molecular complexity index is 458. The highest BCUT2D eigenvalue weighted by molar-refractivity contribution is 6.29. The summed E-state index contributed by atoms with van der Waals surface area (Å²) in [5, 5.41) is 0.294. The first-order valence-corrected chi connectivity index (χ1v) is 4.63. The van der Waals surface area contributed by atoms with Crippen molar-refractivity contribution in [1.29, 1.82) is 0 Å². The van der Waals surface area contributed by atoms with Gasteiger partial charge < -0.3 is 10.5 Å². The molecule has 2 rings (SSSR count). The van der Waals surface area contributed by atoms with E-state index in [-0.39, 0.29) is 0 Å². The number of ether oxygens (including phenoxy) is 1. The molecule has 0 saturated heterocycles. The van der Waals surface area contributed by atoms with Crippen molar-refractivity contribution in [2.75, 3.05) is 5.73 Å². The summed E-state index contributed by atoms with van der Waals surface area (Å²) in [5.41, 5.74) is 6.22. The molecule has 0 fully saturated rings. The van der Waals surface area contributed by atoms with Gasteiger partial charge in [-0.25, -0.2) is 0 Å². The van der Waals surface area contributed by atoms with E-state index >= 15 is 0 Å². The molecule has 0 amide bonds. The lowest BCUT2D eigenvalue weighted by atomic mass is 10.3. The Morgan fingerprint density at radius 3 is 2.53 bits per heavy atom. The third-order valence-electron chi connectivity index (χ3n) is 1.69. The Hall–Kier alpha value is -1.81. The van der Waals surface area contributed by atoms with Gasteiger partial charge in [0.05, 0.1) is 12.4 Å². The fraction of sp³-hybridized carbons (Fsp3) is 0. The normalized spacial score (nSPS) is 9.93. The molecule has 1 heterocycles. The van der Waals surface area contributed by atoms with E-state index in [4.69, 9.17) is 22.1 Å². The molecule has 1 aromatic carbocycles. The van der Waals surface area contributed by atoms with Gasteiger partial charge in [-0.2, -0.15) is 4.98 Å². The van der Waals surface area contributed by atoms with E-state index in [9.17, 15) is 0 Å². The van der Waals surface area contributed by atoms with Crippen LogP contribution in [-0.2, 0) is 0 Å². The Morgan fingerprint density at radius 2 is 1.87 bits per heavy atom. The summed E-state index contributed by atoms with van der Waals surface area (Å²) < 4.78 is 5.40. The maximum absolute atomic E-state index is 5.66. The fourth-order valence-electron chi connectivity index (χ4n) is 1.03. The van der Waals surface area contributed by atoms with Crippen LogP contribution < -0.4 is 10.5 Å². The third-order valence-corrected chi connectivity index (χ3v) is 1.87. The lowest BCUT2D eigenvalue weighted by Gasteiger charge is -2.03. The molecule has 0 bridgehead atoms. The highest BCUT2D eigenvalue weighted by atomic mass is 35.5. The van der Waals surface area contributed by atoms with Gasteiger partial charge in [-0.15, -0.1) is 0 Å². The number of anilines is 1. The summed E-state index contributed by atoms with van der Waals surface area (Å²) >= 11 is 5.66. The van der Waals surface area contributed by atoms with Gasteiger partial charge in [-0.1, -0.05) is 11.6 Å². The van der Waals surface area contributed by atoms with Crippen molar-refractivity contribution >= 4 is 17.3 Å². The molecule has 2 N–H and O–H groups in total. The predicted molar refractivity (Wildman–Crippen MR) is 58.0 cm³/mol. The van der Waals surface area contributed by atoms with E-state index in [2.05, 4.69) is 9.97 Å². The molecule has 0 spiro atoms. The minimum absolute atomic E-state index is 0.294. The molecule has 1 aromatic heterocycles. The maximum atomic E-state index is 5.66. The van der Waals surface area contributed by atoms with Crippen LogP contribution in [0.15, 0.2) is 36.7 Å². The Kier molecular flexibility index (Phi) is 2.69. The molecule has 0 aliphatic rings. The van der Waals surface area contributed by atoms with Crippen LogP contribution in [0.5, 0.6) is 11.6 Å². The summed E-state index contributed by atoms with van der Waals surface area (Å²) in [6, 6.07) is 6.98. The van der Waals surface area contributed by atoms with Crippen LogP contribution in [0.2, 0.25) is 5.15 Å². The molecule has 2 aromatic rings. The van der Waals surface area contributed by atoms with Crippen molar-refractivity contribution < 1.29 is 4.74 Å². The van der Waals surface area contributed by atoms with E-state index in [1.54, 1.807) is 24.3 Å². The number of rotatable bonds is 2. The lowest BCUT2D eigenvalue weighted by molar-refractivity contribution is 0.460. The topological polar surface area (TPSA) is 61.0 Å². The van der Waals surface area contributed by atoms with Gasteiger partial charge in [0.1, 0.15) is 5.75 Å². The zero-order valence-electron chi connectivity index (χ0n) is 7.72. The third kappa shape index (κ3) is 2.57. The van der Waals surface area contributed by atoms with Gasteiger partial charge in [0.25, 0.3) is 0 Å². The molecule has 0 atom stereocenters. The summed E-state index contributed by atoms with van der Waals surface area (Å²) in [4.78, 5) is 7.79. The number of nitrogens with zero attached hydrogens (tertiary/aromatic N) is 2. The number of halogens is 1. The van der Waals surface area contributed by atoms with Gasteiger partial charge in [0, 0.05) is 5.69 Å². The maximum Gasteiger partial charge on any atom is 0.239 e. The highest BCUT2D eigenvalue weighted by Gasteiger charge is 1.99. The van der Waals surface area contributed by atoms with Crippen LogP contribution in [-0.4, -0.2) is 9.97 Å². The highest BCUT2D eigenvalue weighted by Crippen LogP contribution is 2.20. The molecule has 0 unspecified atom stereocenters. The van der Waals surface area contributed by atoms with E-state index in [1.807, 2.05) is 0 Å². The number of nitrogen functional groups attached to an aromatic ring is 1. The second-order valence-corrected chi connectivity index (χ2v) is 3.24. The van der Waals surface area contributed by atoms with Gasteiger partial charge in [-0.05, 0) is 24.3 Å². The fourth-order valence-corrected chi connectivity index (χ4v) is 1.17. The van der Waals surface area contributed by atoms with Crippen molar-refractivity contribution in [2.45, 2.75) is 0 Å². The minimum atomic E-state index is 0.294. The van der Waals surface area contributed by atoms with Crippen molar-refractivity contribution in [1.82, 2.24) is 9.97 Å². The molecule has 4 nitrogen and oxygen atoms in total. The molecule has 0 aliphatic heterocycles. The largest absolute Gasteiger partial charge is 0.437 e. The van der Waals surface area contributed by atoms with Crippen LogP contribution in [0.3, 0.4) is 0 Å². The van der Waals surface area contributed by atoms with Crippen LogP contribution in [0.25, 0.3) is 0 Å². The number of hydrogen-bond acceptors (Lipinski definition) is 4. The molecular formula is C10H8ClN3O. The van der Waals surface area contributed by atoms with Gasteiger partial charge in [0.15, 0.2) is 5.15 Å². The van der Waals surface area contributed by atoms with Crippen molar-refractivity contribution in [3.8, 4) is 11.6 Å². The Labute approximate surface area is 91.7 Å². The van der Waals surface area contributed by atoms with Crippen LogP contribution in [0.4, 0.5) is 5.69 Å². The first-order valence-electron chi connectivity index (χ1n) is 4.25. The van der Waals surface area contributed by atoms with Gasteiger partial charge in [-0.3, -0.25) is 4.98 Å². The van der Waals surface area contributed by atoms with Crippen LogP contribution in [0.1, 0.15) is 0 Å². The monoisotopic (exact) mass is 221 g/mol. The van der Waals surface area contributed by atoms with Crippen LogP contribution in [0, 0.1) is 0 Å². The van der Waals surface area contributed by atoms with Crippen LogP contribution >= 0.6 is 11.6 Å². The second-order valence-electron chi connectivity index (χ2n) is 2.85. The number of nitrogens with two attached hydrogens (primary N) is 1. The zero-order chi connectivity index (χ0) is 10.7. The molecule has 0 radical (unpaired) electrons. The smallest absolute Gasteiger partial charge is 0.239 e. The summed E-state index contributed by atoms with van der Waals surface area (Å²) in [7, 11) is 0.